The Morgan fingerprint density at radius 3 is 2.65 bits per heavy atom. The van der Waals surface area contributed by atoms with E-state index in [-0.39, 0.29) is 0 Å². The van der Waals surface area contributed by atoms with Crippen LogP contribution in [0.4, 0.5) is 0 Å². The fourth-order valence-electron chi connectivity index (χ4n) is 1.68. The van der Waals surface area contributed by atoms with Crippen LogP contribution >= 0.6 is 0 Å². The van der Waals surface area contributed by atoms with Gasteiger partial charge in [0.05, 0.1) is 14.2 Å². The zero-order valence-corrected chi connectivity index (χ0v) is 11.0. The van der Waals surface area contributed by atoms with Gasteiger partial charge in [-0.3, -0.25) is 0 Å². The summed E-state index contributed by atoms with van der Waals surface area (Å²) in [6.07, 6.45) is 4.16. The second kappa shape index (κ2) is 6.97. The van der Waals surface area contributed by atoms with E-state index in [9.17, 15) is 0 Å². The van der Waals surface area contributed by atoms with Crippen LogP contribution in [0.25, 0.3) is 6.08 Å². The first-order valence-electron chi connectivity index (χ1n) is 5.85. The van der Waals surface area contributed by atoms with E-state index >= 15 is 0 Å². The zero-order chi connectivity index (χ0) is 12.7. The van der Waals surface area contributed by atoms with Crippen molar-refractivity contribution in [2.24, 2.45) is 0 Å². The molecule has 0 bridgehead atoms. The van der Waals surface area contributed by atoms with E-state index in [4.69, 9.17) is 9.47 Å². The second-order valence-corrected chi connectivity index (χ2v) is 3.79. The summed E-state index contributed by atoms with van der Waals surface area (Å²) in [5.41, 5.74) is 1.02. The largest absolute Gasteiger partial charge is 0.493 e. The van der Waals surface area contributed by atoms with Crippen LogP contribution in [0.2, 0.25) is 0 Å². The van der Waals surface area contributed by atoms with Gasteiger partial charge in [-0.2, -0.15) is 0 Å². The van der Waals surface area contributed by atoms with Crippen LogP contribution in [-0.2, 0) is 0 Å². The molecule has 0 spiro atoms. The van der Waals surface area contributed by atoms with Crippen molar-refractivity contribution in [3.63, 3.8) is 0 Å². The number of nitrogens with one attached hydrogen (secondary N) is 1. The Bertz CT molecular complexity index is 374. The minimum absolute atomic E-state index is 0.343. The summed E-state index contributed by atoms with van der Waals surface area (Å²) in [5.74, 6) is 1.53. The highest BCUT2D eigenvalue weighted by Crippen LogP contribution is 2.31. The molecule has 3 nitrogen and oxygen atoms in total. The highest BCUT2D eigenvalue weighted by molar-refractivity contribution is 5.62. The lowest BCUT2D eigenvalue weighted by atomic mass is 10.1. The smallest absolute Gasteiger partial charge is 0.167 e. The first kappa shape index (κ1) is 13.6. The summed E-state index contributed by atoms with van der Waals surface area (Å²) in [4.78, 5) is 0. The van der Waals surface area contributed by atoms with Gasteiger partial charge in [0.2, 0.25) is 0 Å². The van der Waals surface area contributed by atoms with Gasteiger partial charge in [0, 0.05) is 11.6 Å². The molecule has 17 heavy (non-hydrogen) atoms. The predicted molar refractivity (Wildman–Crippen MR) is 71.7 cm³/mol. The standard InChI is InChI=1S/C14H21NO2/c1-5-15-11(2)9-10-12-7-6-8-13(16-3)14(12)17-4/h6-11,15H,5H2,1-4H3/b10-9+. The van der Waals surface area contributed by atoms with Gasteiger partial charge < -0.3 is 14.8 Å². The van der Waals surface area contributed by atoms with Crippen LogP contribution < -0.4 is 14.8 Å². The number of likely N-dealkylation sites (N-methyl/N-ethyl adjacent to an activating group) is 1. The number of methoxy groups -OCH3 is 2. The number of hydrogen-bond acceptors (Lipinski definition) is 3. The van der Waals surface area contributed by atoms with Crippen LogP contribution in [-0.4, -0.2) is 26.8 Å². The summed E-state index contributed by atoms with van der Waals surface area (Å²) >= 11 is 0. The normalized spacial score (nSPS) is 12.7. The molecule has 1 aromatic rings. The summed E-state index contributed by atoms with van der Waals surface area (Å²) in [5, 5.41) is 3.32. The van der Waals surface area contributed by atoms with E-state index in [1.807, 2.05) is 18.2 Å². The van der Waals surface area contributed by atoms with Crippen molar-refractivity contribution in [3.8, 4) is 11.5 Å². The predicted octanol–water partition coefficient (Wildman–Crippen LogP) is 2.72. The van der Waals surface area contributed by atoms with E-state index in [1.54, 1.807) is 14.2 Å². The molecule has 0 fully saturated rings. The fraction of sp³-hybridized carbons (Fsp3) is 0.429. The third kappa shape index (κ3) is 3.79. The van der Waals surface area contributed by atoms with Crippen molar-refractivity contribution in [3.05, 3.63) is 29.8 Å². The Balaban J connectivity index is 2.90. The molecule has 0 saturated heterocycles. The minimum Gasteiger partial charge on any atom is -0.493 e. The summed E-state index contributed by atoms with van der Waals surface area (Å²) in [7, 11) is 3.30. The second-order valence-electron chi connectivity index (χ2n) is 3.79. The number of rotatable bonds is 6. The number of para-hydroxylation sites is 1. The topological polar surface area (TPSA) is 30.5 Å². The lowest BCUT2D eigenvalue weighted by Crippen LogP contribution is -2.22. The zero-order valence-electron chi connectivity index (χ0n) is 11.0. The van der Waals surface area contributed by atoms with Crippen LogP contribution in [0.5, 0.6) is 11.5 Å². The molecular weight excluding hydrogens is 214 g/mol. The lowest BCUT2D eigenvalue weighted by Gasteiger charge is -2.11. The minimum atomic E-state index is 0.343. The van der Waals surface area contributed by atoms with Gasteiger partial charge in [-0.1, -0.05) is 31.2 Å². The maximum absolute atomic E-state index is 5.36. The van der Waals surface area contributed by atoms with Gasteiger partial charge >= 0.3 is 0 Å². The molecule has 3 heteroatoms. The molecule has 0 aliphatic carbocycles. The SMILES string of the molecule is CCNC(C)/C=C/c1cccc(OC)c1OC. The number of benzene rings is 1. The highest BCUT2D eigenvalue weighted by atomic mass is 16.5. The monoisotopic (exact) mass is 235 g/mol. The molecule has 1 rings (SSSR count). The van der Waals surface area contributed by atoms with Gasteiger partial charge in [-0.25, -0.2) is 0 Å². The van der Waals surface area contributed by atoms with Crippen LogP contribution in [0.1, 0.15) is 19.4 Å². The molecule has 1 unspecified atom stereocenters. The van der Waals surface area contributed by atoms with E-state index in [2.05, 4.69) is 31.3 Å². The van der Waals surface area contributed by atoms with Gasteiger partial charge in [0.15, 0.2) is 11.5 Å². The van der Waals surface area contributed by atoms with Crippen molar-refractivity contribution >= 4 is 6.08 Å². The maximum Gasteiger partial charge on any atom is 0.167 e. The molecule has 1 N–H and O–H groups in total. The van der Waals surface area contributed by atoms with E-state index in [1.165, 1.54) is 0 Å². The Labute approximate surface area is 103 Å². The first-order chi connectivity index (χ1) is 8.22. The molecule has 0 aliphatic heterocycles. The van der Waals surface area contributed by atoms with Gasteiger partial charge in [0.1, 0.15) is 0 Å². The van der Waals surface area contributed by atoms with Crippen LogP contribution in [0, 0.1) is 0 Å². The number of ether oxygens (including phenoxy) is 2. The fourth-order valence-corrected chi connectivity index (χ4v) is 1.68. The van der Waals surface area contributed by atoms with Gasteiger partial charge in [0.25, 0.3) is 0 Å². The van der Waals surface area contributed by atoms with Gasteiger partial charge in [-0.05, 0) is 19.5 Å². The van der Waals surface area contributed by atoms with Crippen molar-refractivity contribution in [1.29, 1.82) is 0 Å². The molecule has 94 valence electrons. The van der Waals surface area contributed by atoms with Crippen molar-refractivity contribution in [2.75, 3.05) is 20.8 Å². The Morgan fingerprint density at radius 2 is 2.06 bits per heavy atom. The van der Waals surface area contributed by atoms with Gasteiger partial charge in [-0.15, -0.1) is 0 Å². The maximum atomic E-state index is 5.36. The van der Waals surface area contributed by atoms with E-state index in [0.29, 0.717) is 6.04 Å². The summed E-state index contributed by atoms with van der Waals surface area (Å²) < 4.78 is 10.6. The van der Waals surface area contributed by atoms with E-state index < -0.39 is 0 Å². The molecule has 0 radical (unpaired) electrons. The van der Waals surface area contributed by atoms with Crippen molar-refractivity contribution in [2.45, 2.75) is 19.9 Å². The molecule has 1 atom stereocenters. The number of hydrogen-bond donors (Lipinski definition) is 1. The Kier molecular flexibility index (Phi) is 5.57. The molecule has 0 aromatic heterocycles. The summed E-state index contributed by atoms with van der Waals surface area (Å²) in [6.45, 7) is 5.17. The third-order valence-corrected chi connectivity index (χ3v) is 2.52. The van der Waals surface area contributed by atoms with Crippen LogP contribution in [0.15, 0.2) is 24.3 Å². The highest BCUT2D eigenvalue weighted by Gasteiger charge is 2.06. The Hall–Kier alpha value is -1.48. The van der Waals surface area contributed by atoms with Crippen molar-refractivity contribution < 1.29 is 9.47 Å². The van der Waals surface area contributed by atoms with Crippen LogP contribution in [0.3, 0.4) is 0 Å². The average molecular weight is 235 g/mol. The summed E-state index contributed by atoms with van der Waals surface area (Å²) in [6, 6.07) is 6.20. The molecule has 0 saturated carbocycles. The molecule has 1 aromatic carbocycles. The van der Waals surface area contributed by atoms with E-state index in [0.717, 1.165) is 23.6 Å². The van der Waals surface area contributed by atoms with Crippen molar-refractivity contribution in [1.82, 2.24) is 5.32 Å². The average Bonchev–Trinajstić information content (AvgIpc) is 2.36. The quantitative estimate of drug-likeness (QED) is 0.822. The first-order valence-corrected chi connectivity index (χ1v) is 5.85. The molecular formula is C14H21NO2. The molecule has 0 heterocycles. The third-order valence-electron chi connectivity index (χ3n) is 2.52. The molecule has 0 aliphatic rings. The molecule has 0 amide bonds. The Morgan fingerprint density at radius 1 is 1.29 bits per heavy atom. The lowest BCUT2D eigenvalue weighted by molar-refractivity contribution is 0.354.